The summed E-state index contributed by atoms with van der Waals surface area (Å²) in [6.07, 6.45) is 2.68. The molecule has 4 heteroatoms. The number of ether oxygens (including phenoxy) is 1. The first-order chi connectivity index (χ1) is 7.66. The van der Waals surface area contributed by atoms with Gasteiger partial charge < -0.3 is 9.84 Å². The minimum Gasteiger partial charge on any atom is -0.492 e. The Kier molecular flexibility index (Phi) is 3.95. The molecule has 0 saturated heterocycles. The van der Waals surface area contributed by atoms with Crippen molar-refractivity contribution in [2.24, 2.45) is 5.92 Å². The Morgan fingerprint density at radius 1 is 1.38 bits per heavy atom. The zero-order valence-electron chi connectivity index (χ0n) is 8.83. The van der Waals surface area contributed by atoms with Gasteiger partial charge in [-0.1, -0.05) is 23.2 Å². The van der Waals surface area contributed by atoms with Crippen molar-refractivity contribution in [1.82, 2.24) is 0 Å². The van der Waals surface area contributed by atoms with Crippen LogP contribution in [0.2, 0.25) is 10.0 Å². The molecule has 2 rings (SSSR count). The second kappa shape index (κ2) is 5.26. The van der Waals surface area contributed by atoms with E-state index in [4.69, 9.17) is 27.9 Å². The second-order valence-electron chi connectivity index (χ2n) is 4.12. The number of aliphatic hydroxyl groups excluding tert-OH is 1. The van der Waals surface area contributed by atoms with E-state index in [-0.39, 0.29) is 6.10 Å². The molecule has 1 N–H and O–H groups in total. The zero-order chi connectivity index (χ0) is 11.5. The zero-order valence-corrected chi connectivity index (χ0v) is 10.3. The van der Waals surface area contributed by atoms with Gasteiger partial charge in [0.05, 0.1) is 17.7 Å². The largest absolute Gasteiger partial charge is 0.492 e. The third-order valence-electron chi connectivity index (χ3n) is 2.73. The average Bonchev–Trinajstić information content (AvgIpc) is 3.06. The van der Waals surface area contributed by atoms with Crippen LogP contribution in [-0.4, -0.2) is 17.8 Å². The van der Waals surface area contributed by atoms with Crippen molar-refractivity contribution < 1.29 is 9.84 Å². The van der Waals surface area contributed by atoms with E-state index in [1.807, 2.05) is 0 Å². The summed E-state index contributed by atoms with van der Waals surface area (Å²) in [6, 6.07) is 5.11. The normalized spacial score (nSPS) is 17.2. The van der Waals surface area contributed by atoms with Gasteiger partial charge in [-0.3, -0.25) is 0 Å². The lowest BCUT2D eigenvalue weighted by Gasteiger charge is -2.11. The summed E-state index contributed by atoms with van der Waals surface area (Å²) in [7, 11) is 0. The first kappa shape index (κ1) is 12.0. The van der Waals surface area contributed by atoms with E-state index in [0.29, 0.717) is 34.7 Å². The van der Waals surface area contributed by atoms with Crippen LogP contribution in [0.1, 0.15) is 19.3 Å². The van der Waals surface area contributed by atoms with Crippen molar-refractivity contribution >= 4 is 23.2 Å². The standard InChI is InChI=1S/C12H14Cl2O2/c13-9-3-4-10(14)12(7-9)16-6-5-11(15)8-1-2-8/h3-4,7-8,11,15H,1-2,5-6H2. The fourth-order valence-electron chi connectivity index (χ4n) is 1.59. The first-order valence-electron chi connectivity index (χ1n) is 5.43. The Labute approximate surface area is 105 Å². The maximum atomic E-state index is 9.65. The van der Waals surface area contributed by atoms with Crippen LogP contribution in [0, 0.1) is 5.92 Å². The average molecular weight is 261 g/mol. The fourth-order valence-corrected chi connectivity index (χ4v) is 1.93. The van der Waals surface area contributed by atoms with Crippen molar-refractivity contribution in [2.75, 3.05) is 6.61 Å². The van der Waals surface area contributed by atoms with Gasteiger partial charge in [-0.15, -0.1) is 0 Å². The highest BCUT2D eigenvalue weighted by molar-refractivity contribution is 6.34. The van der Waals surface area contributed by atoms with Crippen molar-refractivity contribution in [1.29, 1.82) is 0 Å². The molecule has 0 radical (unpaired) electrons. The predicted molar refractivity (Wildman–Crippen MR) is 65.3 cm³/mol. The first-order valence-corrected chi connectivity index (χ1v) is 6.18. The van der Waals surface area contributed by atoms with E-state index in [2.05, 4.69) is 0 Å². The van der Waals surface area contributed by atoms with Gasteiger partial charge in [0.1, 0.15) is 5.75 Å². The molecule has 1 aliphatic rings. The van der Waals surface area contributed by atoms with Gasteiger partial charge >= 0.3 is 0 Å². The van der Waals surface area contributed by atoms with Gasteiger partial charge in [0.15, 0.2) is 0 Å². The lowest BCUT2D eigenvalue weighted by atomic mass is 10.2. The van der Waals surface area contributed by atoms with Gasteiger partial charge in [0.2, 0.25) is 0 Å². The number of rotatable bonds is 5. The van der Waals surface area contributed by atoms with E-state index in [0.717, 1.165) is 12.8 Å². The third kappa shape index (κ3) is 3.27. The van der Waals surface area contributed by atoms with Crippen LogP contribution in [0.4, 0.5) is 0 Å². The molecule has 1 atom stereocenters. The highest BCUT2D eigenvalue weighted by Gasteiger charge is 2.29. The third-order valence-corrected chi connectivity index (χ3v) is 3.28. The van der Waals surface area contributed by atoms with Crippen LogP contribution in [-0.2, 0) is 0 Å². The Bertz CT molecular complexity index is 364. The molecular formula is C12H14Cl2O2. The second-order valence-corrected chi connectivity index (χ2v) is 4.96. The molecule has 16 heavy (non-hydrogen) atoms. The minimum absolute atomic E-state index is 0.238. The number of hydrogen-bond acceptors (Lipinski definition) is 2. The van der Waals surface area contributed by atoms with Crippen LogP contribution < -0.4 is 4.74 Å². The number of aliphatic hydroxyl groups is 1. The van der Waals surface area contributed by atoms with Crippen LogP contribution in [0.15, 0.2) is 18.2 Å². The molecule has 0 amide bonds. The Morgan fingerprint density at radius 2 is 2.12 bits per heavy atom. The van der Waals surface area contributed by atoms with Crippen LogP contribution in [0.5, 0.6) is 5.75 Å². The van der Waals surface area contributed by atoms with E-state index in [9.17, 15) is 5.11 Å². The lowest BCUT2D eigenvalue weighted by Crippen LogP contribution is -2.13. The molecular weight excluding hydrogens is 247 g/mol. The summed E-state index contributed by atoms with van der Waals surface area (Å²) in [6.45, 7) is 0.470. The van der Waals surface area contributed by atoms with E-state index in [1.165, 1.54) is 0 Å². The Morgan fingerprint density at radius 3 is 2.81 bits per heavy atom. The molecule has 1 aromatic carbocycles. The van der Waals surface area contributed by atoms with Gasteiger partial charge in [0, 0.05) is 17.5 Å². The van der Waals surface area contributed by atoms with Gasteiger partial charge in [-0.25, -0.2) is 0 Å². The smallest absolute Gasteiger partial charge is 0.139 e. The monoisotopic (exact) mass is 260 g/mol. The van der Waals surface area contributed by atoms with Gasteiger partial charge in [-0.05, 0) is 30.9 Å². The molecule has 0 aromatic heterocycles. The number of hydrogen-bond donors (Lipinski definition) is 1. The molecule has 0 aliphatic heterocycles. The summed E-state index contributed by atoms with van der Waals surface area (Å²) >= 11 is 11.8. The highest BCUT2D eigenvalue weighted by atomic mass is 35.5. The topological polar surface area (TPSA) is 29.5 Å². The number of halogens is 2. The summed E-state index contributed by atoms with van der Waals surface area (Å²) in [4.78, 5) is 0. The van der Waals surface area contributed by atoms with E-state index >= 15 is 0 Å². The molecule has 0 heterocycles. The molecule has 88 valence electrons. The minimum atomic E-state index is -0.238. The van der Waals surface area contributed by atoms with Gasteiger partial charge in [-0.2, -0.15) is 0 Å². The van der Waals surface area contributed by atoms with Gasteiger partial charge in [0.25, 0.3) is 0 Å². The highest BCUT2D eigenvalue weighted by Crippen LogP contribution is 2.34. The maximum absolute atomic E-state index is 9.65. The predicted octanol–water partition coefficient (Wildman–Crippen LogP) is 3.53. The molecule has 1 unspecified atom stereocenters. The molecule has 0 spiro atoms. The molecule has 2 nitrogen and oxygen atoms in total. The molecule has 1 aliphatic carbocycles. The fraction of sp³-hybridized carbons (Fsp3) is 0.500. The maximum Gasteiger partial charge on any atom is 0.139 e. The van der Waals surface area contributed by atoms with Crippen molar-refractivity contribution in [3.63, 3.8) is 0 Å². The lowest BCUT2D eigenvalue weighted by molar-refractivity contribution is 0.119. The summed E-state index contributed by atoms with van der Waals surface area (Å²) < 4.78 is 5.49. The van der Waals surface area contributed by atoms with Crippen molar-refractivity contribution in [3.8, 4) is 5.75 Å². The molecule has 1 saturated carbocycles. The van der Waals surface area contributed by atoms with Crippen LogP contribution >= 0.6 is 23.2 Å². The summed E-state index contributed by atoms with van der Waals surface area (Å²) in [5, 5.41) is 10.8. The SMILES string of the molecule is OC(CCOc1cc(Cl)ccc1Cl)C1CC1. The Hall–Kier alpha value is -0.440. The van der Waals surface area contributed by atoms with E-state index in [1.54, 1.807) is 18.2 Å². The molecule has 1 aromatic rings. The number of benzene rings is 1. The molecule has 1 fully saturated rings. The van der Waals surface area contributed by atoms with Crippen LogP contribution in [0.3, 0.4) is 0 Å². The van der Waals surface area contributed by atoms with Crippen LogP contribution in [0.25, 0.3) is 0 Å². The summed E-state index contributed by atoms with van der Waals surface area (Å²) in [5.74, 6) is 1.07. The Balaban J connectivity index is 1.81. The van der Waals surface area contributed by atoms with E-state index < -0.39 is 0 Å². The molecule has 0 bridgehead atoms. The van der Waals surface area contributed by atoms with Crippen molar-refractivity contribution in [2.45, 2.75) is 25.4 Å². The summed E-state index contributed by atoms with van der Waals surface area (Å²) in [5.41, 5.74) is 0. The quantitative estimate of drug-likeness (QED) is 0.878. The van der Waals surface area contributed by atoms with Crippen molar-refractivity contribution in [3.05, 3.63) is 28.2 Å².